The maximum Gasteiger partial charge on any atom is 0.133 e. The second-order valence-electron chi connectivity index (χ2n) is 4.63. The van der Waals surface area contributed by atoms with Crippen molar-refractivity contribution < 1.29 is 4.74 Å². The van der Waals surface area contributed by atoms with E-state index in [0.717, 1.165) is 23.2 Å². The predicted molar refractivity (Wildman–Crippen MR) is 73.3 cm³/mol. The molecule has 1 heterocycles. The van der Waals surface area contributed by atoms with Crippen molar-refractivity contribution in [3.8, 4) is 5.75 Å². The lowest BCUT2D eigenvalue weighted by Crippen LogP contribution is -2.43. The van der Waals surface area contributed by atoms with Crippen molar-refractivity contribution in [2.45, 2.75) is 24.9 Å². The molecule has 2 unspecified atom stereocenters. The number of ether oxygens (including phenoxy) is 1. The molecule has 0 spiro atoms. The molecule has 0 amide bonds. The number of methoxy groups -OCH3 is 1. The van der Waals surface area contributed by atoms with Gasteiger partial charge in [-0.05, 0) is 60.1 Å². The van der Waals surface area contributed by atoms with Gasteiger partial charge < -0.3 is 10.5 Å². The van der Waals surface area contributed by atoms with Crippen LogP contribution in [0.3, 0.4) is 0 Å². The summed E-state index contributed by atoms with van der Waals surface area (Å²) < 4.78 is 6.24. The van der Waals surface area contributed by atoms with Crippen LogP contribution in [0.1, 0.15) is 24.4 Å². The maximum atomic E-state index is 6.23. The van der Waals surface area contributed by atoms with Gasteiger partial charge in [0.25, 0.3) is 0 Å². The molecule has 0 bridgehead atoms. The number of hydrogen-bond acceptors (Lipinski definition) is 3. The number of hydrogen-bond donors (Lipinski definition) is 1. The number of nitrogens with zero attached hydrogens (tertiary/aromatic N) is 1. The summed E-state index contributed by atoms with van der Waals surface area (Å²) in [7, 11) is 3.82. The summed E-state index contributed by atoms with van der Waals surface area (Å²) in [4.78, 5) is 2.34. The van der Waals surface area contributed by atoms with Gasteiger partial charge in [-0.1, -0.05) is 6.07 Å². The number of likely N-dealkylation sites (tertiary alicyclic amines) is 1. The standard InChI is InChI=1S/C13H19BrN2O/c1-16-7-3-4-11(15)13(16)9-5-6-12(17-2)10(14)8-9/h5-6,8,11,13H,3-4,7,15H2,1-2H3. The van der Waals surface area contributed by atoms with Crippen LogP contribution in [0.5, 0.6) is 5.75 Å². The molecule has 1 aromatic rings. The summed E-state index contributed by atoms with van der Waals surface area (Å²) in [6, 6.07) is 6.75. The van der Waals surface area contributed by atoms with Crippen molar-refractivity contribution in [1.82, 2.24) is 4.90 Å². The fourth-order valence-corrected chi connectivity index (χ4v) is 3.13. The van der Waals surface area contributed by atoms with E-state index in [1.165, 1.54) is 12.0 Å². The highest BCUT2D eigenvalue weighted by molar-refractivity contribution is 9.10. The minimum Gasteiger partial charge on any atom is -0.496 e. The van der Waals surface area contributed by atoms with E-state index in [1.54, 1.807) is 7.11 Å². The van der Waals surface area contributed by atoms with Crippen molar-refractivity contribution in [3.63, 3.8) is 0 Å². The first kappa shape index (κ1) is 12.9. The van der Waals surface area contributed by atoms with E-state index in [9.17, 15) is 0 Å². The molecular formula is C13H19BrN2O. The monoisotopic (exact) mass is 298 g/mol. The number of benzene rings is 1. The fraction of sp³-hybridized carbons (Fsp3) is 0.538. The molecule has 0 radical (unpaired) electrons. The third kappa shape index (κ3) is 2.64. The summed E-state index contributed by atoms with van der Waals surface area (Å²) in [6.45, 7) is 1.11. The van der Waals surface area contributed by atoms with Crippen LogP contribution in [-0.4, -0.2) is 31.6 Å². The normalized spacial score (nSPS) is 25.9. The molecule has 4 heteroatoms. The summed E-state index contributed by atoms with van der Waals surface area (Å²) in [6.07, 6.45) is 2.28. The van der Waals surface area contributed by atoms with Crippen LogP contribution in [0, 0.1) is 0 Å². The number of nitrogens with two attached hydrogens (primary N) is 1. The molecule has 2 rings (SSSR count). The second kappa shape index (κ2) is 5.38. The van der Waals surface area contributed by atoms with Crippen molar-refractivity contribution >= 4 is 15.9 Å². The Hall–Kier alpha value is -0.580. The van der Waals surface area contributed by atoms with Gasteiger partial charge in [-0.2, -0.15) is 0 Å². The van der Waals surface area contributed by atoms with Crippen LogP contribution in [-0.2, 0) is 0 Å². The molecule has 0 aromatic heterocycles. The van der Waals surface area contributed by atoms with Gasteiger partial charge >= 0.3 is 0 Å². The highest BCUT2D eigenvalue weighted by atomic mass is 79.9. The van der Waals surface area contributed by atoms with Gasteiger partial charge in [0.05, 0.1) is 11.6 Å². The molecule has 1 aromatic carbocycles. The summed E-state index contributed by atoms with van der Waals surface area (Å²) in [5.74, 6) is 0.862. The first-order valence-electron chi connectivity index (χ1n) is 5.92. The largest absolute Gasteiger partial charge is 0.496 e. The molecule has 17 heavy (non-hydrogen) atoms. The zero-order valence-corrected chi connectivity index (χ0v) is 11.9. The quantitative estimate of drug-likeness (QED) is 0.912. The summed E-state index contributed by atoms with van der Waals surface area (Å²) in [5, 5.41) is 0. The predicted octanol–water partition coefficient (Wildman–Crippen LogP) is 2.55. The van der Waals surface area contributed by atoms with E-state index in [-0.39, 0.29) is 6.04 Å². The average Bonchev–Trinajstić information content (AvgIpc) is 2.29. The average molecular weight is 299 g/mol. The number of piperidine rings is 1. The van der Waals surface area contributed by atoms with Gasteiger partial charge in [0.15, 0.2) is 0 Å². The van der Waals surface area contributed by atoms with E-state index in [1.807, 2.05) is 6.07 Å². The van der Waals surface area contributed by atoms with Crippen LogP contribution in [0.25, 0.3) is 0 Å². The Bertz CT molecular complexity index is 387. The van der Waals surface area contributed by atoms with Gasteiger partial charge in [-0.25, -0.2) is 0 Å². The van der Waals surface area contributed by atoms with Crippen molar-refractivity contribution in [3.05, 3.63) is 28.2 Å². The van der Waals surface area contributed by atoms with Gasteiger partial charge in [-0.15, -0.1) is 0 Å². The zero-order chi connectivity index (χ0) is 12.4. The molecule has 2 atom stereocenters. The van der Waals surface area contributed by atoms with E-state index in [0.29, 0.717) is 6.04 Å². The van der Waals surface area contributed by atoms with Crippen LogP contribution in [0.2, 0.25) is 0 Å². The van der Waals surface area contributed by atoms with E-state index in [2.05, 4.69) is 40.0 Å². The van der Waals surface area contributed by atoms with Crippen molar-refractivity contribution in [1.29, 1.82) is 0 Å². The fourth-order valence-electron chi connectivity index (χ4n) is 2.57. The van der Waals surface area contributed by atoms with Crippen LogP contribution in [0.15, 0.2) is 22.7 Å². The van der Waals surface area contributed by atoms with Gasteiger partial charge in [0.2, 0.25) is 0 Å². The molecule has 1 aliphatic heterocycles. The van der Waals surface area contributed by atoms with Gasteiger partial charge in [0, 0.05) is 12.1 Å². The molecule has 0 aliphatic carbocycles. The van der Waals surface area contributed by atoms with Crippen molar-refractivity contribution in [2.24, 2.45) is 5.73 Å². The lowest BCUT2D eigenvalue weighted by atomic mass is 9.91. The Morgan fingerprint density at radius 3 is 2.82 bits per heavy atom. The molecule has 94 valence electrons. The second-order valence-corrected chi connectivity index (χ2v) is 5.48. The first-order valence-corrected chi connectivity index (χ1v) is 6.72. The Labute approximate surface area is 111 Å². The lowest BCUT2D eigenvalue weighted by Gasteiger charge is -2.37. The van der Waals surface area contributed by atoms with Crippen LogP contribution < -0.4 is 10.5 Å². The third-order valence-electron chi connectivity index (χ3n) is 3.45. The smallest absolute Gasteiger partial charge is 0.133 e. The SMILES string of the molecule is COc1ccc(C2C(N)CCCN2C)cc1Br. The minimum absolute atomic E-state index is 0.217. The maximum absolute atomic E-state index is 6.23. The van der Waals surface area contributed by atoms with Crippen molar-refractivity contribution in [2.75, 3.05) is 20.7 Å². The zero-order valence-electron chi connectivity index (χ0n) is 10.3. The Balaban J connectivity index is 2.29. The Morgan fingerprint density at radius 2 is 2.24 bits per heavy atom. The number of rotatable bonds is 2. The molecule has 3 nitrogen and oxygen atoms in total. The first-order chi connectivity index (χ1) is 8.13. The third-order valence-corrected chi connectivity index (χ3v) is 4.07. The Kier molecular flexibility index (Phi) is 4.07. The highest BCUT2D eigenvalue weighted by Crippen LogP contribution is 2.33. The molecule has 1 fully saturated rings. The van der Waals surface area contributed by atoms with Crippen LogP contribution >= 0.6 is 15.9 Å². The summed E-state index contributed by atoms with van der Waals surface area (Å²) in [5.41, 5.74) is 7.49. The molecule has 1 aliphatic rings. The van der Waals surface area contributed by atoms with Crippen LogP contribution in [0.4, 0.5) is 0 Å². The number of halogens is 1. The molecular weight excluding hydrogens is 280 g/mol. The lowest BCUT2D eigenvalue weighted by molar-refractivity contribution is 0.163. The highest BCUT2D eigenvalue weighted by Gasteiger charge is 2.28. The Morgan fingerprint density at radius 1 is 1.47 bits per heavy atom. The van der Waals surface area contributed by atoms with E-state index in [4.69, 9.17) is 10.5 Å². The van der Waals surface area contributed by atoms with E-state index >= 15 is 0 Å². The topological polar surface area (TPSA) is 38.5 Å². The minimum atomic E-state index is 0.217. The number of likely N-dealkylation sites (N-methyl/N-ethyl adjacent to an activating group) is 1. The van der Waals surface area contributed by atoms with Gasteiger partial charge in [0.1, 0.15) is 5.75 Å². The van der Waals surface area contributed by atoms with E-state index < -0.39 is 0 Å². The van der Waals surface area contributed by atoms with Gasteiger partial charge in [-0.3, -0.25) is 4.90 Å². The summed E-state index contributed by atoms with van der Waals surface area (Å²) >= 11 is 3.53. The molecule has 2 N–H and O–H groups in total. The molecule has 0 saturated carbocycles. The molecule has 1 saturated heterocycles.